The number of nitrogens with zero attached hydrogens (tertiary/aromatic N) is 1. The van der Waals surface area contributed by atoms with Crippen molar-refractivity contribution < 1.29 is 0 Å². The second-order valence-corrected chi connectivity index (χ2v) is 4.25. The maximum absolute atomic E-state index is 4.50. The van der Waals surface area contributed by atoms with Crippen LogP contribution in [0.25, 0.3) is 0 Å². The standard InChI is InChI=1S/C16H14N2/c1-2-8-14(9-3-1)16(11-5-7-13-18-16)15-10-4-6-12-17-15/h1-13,18H. The number of dihydropyridines is 1. The molecule has 2 heterocycles. The smallest absolute Gasteiger partial charge is 0.124 e. The van der Waals surface area contributed by atoms with Crippen LogP contribution in [0.15, 0.2) is 79.2 Å². The number of aromatic nitrogens is 1. The Kier molecular flexibility index (Phi) is 2.69. The highest BCUT2D eigenvalue weighted by Gasteiger charge is 2.32. The Labute approximate surface area is 107 Å². The average Bonchev–Trinajstić information content (AvgIpc) is 2.50. The number of rotatable bonds is 2. The van der Waals surface area contributed by atoms with E-state index in [9.17, 15) is 0 Å². The van der Waals surface area contributed by atoms with E-state index in [1.54, 1.807) is 0 Å². The highest BCUT2D eigenvalue weighted by Crippen LogP contribution is 2.31. The molecule has 2 aromatic rings. The van der Waals surface area contributed by atoms with Crippen molar-refractivity contribution in [1.82, 2.24) is 10.3 Å². The van der Waals surface area contributed by atoms with E-state index in [4.69, 9.17) is 0 Å². The number of nitrogens with one attached hydrogen (secondary N) is 1. The second kappa shape index (κ2) is 4.49. The summed E-state index contributed by atoms with van der Waals surface area (Å²) >= 11 is 0. The molecule has 0 spiro atoms. The molecular formula is C16H14N2. The van der Waals surface area contributed by atoms with Gasteiger partial charge in [0.2, 0.25) is 0 Å². The first-order valence-corrected chi connectivity index (χ1v) is 6.01. The molecular weight excluding hydrogens is 220 g/mol. The van der Waals surface area contributed by atoms with Crippen LogP contribution < -0.4 is 5.32 Å². The molecule has 0 fully saturated rings. The van der Waals surface area contributed by atoms with Crippen molar-refractivity contribution in [2.45, 2.75) is 5.54 Å². The van der Waals surface area contributed by atoms with Crippen LogP contribution in [0.2, 0.25) is 0 Å². The summed E-state index contributed by atoms with van der Waals surface area (Å²) in [5.41, 5.74) is 1.82. The van der Waals surface area contributed by atoms with Crippen LogP contribution >= 0.6 is 0 Å². The number of allylic oxidation sites excluding steroid dienone is 2. The Balaban J connectivity index is 2.17. The van der Waals surface area contributed by atoms with Gasteiger partial charge in [0.15, 0.2) is 0 Å². The molecule has 0 radical (unpaired) electrons. The van der Waals surface area contributed by atoms with Crippen molar-refractivity contribution in [3.63, 3.8) is 0 Å². The van der Waals surface area contributed by atoms with Crippen molar-refractivity contribution in [3.8, 4) is 0 Å². The molecule has 3 rings (SSSR count). The average molecular weight is 234 g/mol. The SMILES string of the molecule is C1=CNC(c2ccccc2)(c2ccccn2)C=C1. The van der Waals surface area contributed by atoms with Crippen LogP contribution in [0, 0.1) is 0 Å². The highest BCUT2D eigenvalue weighted by molar-refractivity contribution is 5.43. The summed E-state index contributed by atoms with van der Waals surface area (Å²) in [6.45, 7) is 0. The van der Waals surface area contributed by atoms with E-state index in [2.05, 4.69) is 34.6 Å². The van der Waals surface area contributed by atoms with Gasteiger partial charge >= 0.3 is 0 Å². The van der Waals surface area contributed by atoms with E-state index in [1.807, 2.05) is 54.9 Å². The van der Waals surface area contributed by atoms with Crippen LogP contribution in [0.1, 0.15) is 11.3 Å². The fraction of sp³-hybridized carbons (Fsp3) is 0.0625. The lowest BCUT2D eigenvalue weighted by Crippen LogP contribution is -2.40. The summed E-state index contributed by atoms with van der Waals surface area (Å²) in [6, 6.07) is 16.4. The van der Waals surface area contributed by atoms with Crippen molar-refractivity contribution in [2.75, 3.05) is 0 Å². The topological polar surface area (TPSA) is 24.9 Å². The lowest BCUT2D eigenvalue weighted by Gasteiger charge is -2.33. The van der Waals surface area contributed by atoms with Gasteiger partial charge in [0.1, 0.15) is 5.54 Å². The summed E-state index contributed by atoms with van der Waals surface area (Å²) in [4.78, 5) is 4.50. The molecule has 88 valence electrons. The largest absolute Gasteiger partial charge is 0.373 e. The molecule has 1 unspecified atom stereocenters. The van der Waals surface area contributed by atoms with E-state index in [0.717, 1.165) is 5.69 Å². The van der Waals surface area contributed by atoms with Crippen molar-refractivity contribution in [2.24, 2.45) is 0 Å². The maximum atomic E-state index is 4.50. The fourth-order valence-electron chi connectivity index (χ4n) is 2.27. The minimum Gasteiger partial charge on any atom is -0.373 e. The first-order valence-electron chi connectivity index (χ1n) is 6.01. The zero-order chi connectivity index (χ0) is 12.3. The van der Waals surface area contributed by atoms with Gasteiger partial charge < -0.3 is 5.32 Å². The van der Waals surface area contributed by atoms with Crippen LogP contribution in [0.4, 0.5) is 0 Å². The fourth-order valence-corrected chi connectivity index (χ4v) is 2.27. The van der Waals surface area contributed by atoms with Crippen LogP contribution in [0.3, 0.4) is 0 Å². The summed E-state index contributed by atoms with van der Waals surface area (Å²) in [7, 11) is 0. The van der Waals surface area contributed by atoms with Crippen molar-refractivity contribution >= 4 is 0 Å². The summed E-state index contributed by atoms with van der Waals surface area (Å²) < 4.78 is 0. The van der Waals surface area contributed by atoms with Gasteiger partial charge in [-0.15, -0.1) is 0 Å². The zero-order valence-corrected chi connectivity index (χ0v) is 9.95. The number of hydrogen-bond acceptors (Lipinski definition) is 2. The molecule has 2 nitrogen and oxygen atoms in total. The third-order valence-electron chi connectivity index (χ3n) is 3.16. The normalized spacial score (nSPS) is 21.6. The monoisotopic (exact) mass is 234 g/mol. The maximum Gasteiger partial charge on any atom is 0.124 e. The first kappa shape index (κ1) is 10.8. The van der Waals surface area contributed by atoms with E-state index < -0.39 is 0 Å². The Morgan fingerprint density at radius 3 is 2.39 bits per heavy atom. The van der Waals surface area contributed by atoms with Gasteiger partial charge in [-0.2, -0.15) is 0 Å². The Bertz CT molecular complexity index is 531. The van der Waals surface area contributed by atoms with E-state index >= 15 is 0 Å². The molecule has 1 aliphatic heterocycles. The highest BCUT2D eigenvalue weighted by atomic mass is 15.0. The Hall–Kier alpha value is -2.35. The first-order chi connectivity index (χ1) is 8.92. The number of pyridine rings is 1. The van der Waals surface area contributed by atoms with E-state index in [-0.39, 0.29) is 5.54 Å². The molecule has 1 aromatic carbocycles. The van der Waals surface area contributed by atoms with Gasteiger partial charge in [-0.3, -0.25) is 4.98 Å². The molecule has 18 heavy (non-hydrogen) atoms. The Morgan fingerprint density at radius 1 is 0.889 bits per heavy atom. The quantitative estimate of drug-likeness (QED) is 0.864. The summed E-state index contributed by atoms with van der Waals surface area (Å²) in [5.74, 6) is 0. The molecule has 0 aliphatic carbocycles. The molecule has 1 aromatic heterocycles. The predicted molar refractivity (Wildman–Crippen MR) is 72.9 cm³/mol. The molecule has 2 heteroatoms. The van der Waals surface area contributed by atoms with Crippen LogP contribution in [-0.4, -0.2) is 4.98 Å². The van der Waals surface area contributed by atoms with E-state index in [0.29, 0.717) is 0 Å². The van der Waals surface area contributed by atoms with Gasteiger partial charge in [-0.25, -0.2) is 0 Å². The molecule has 1 N–H and O–H groups in total. The molecule has 1 atom stereocenters. The predicted octanol–water partition coefficient (Wildman–Crippen LogP) is 3.00. The lowest BCUT2D eigenvalue weighted by atomic mass is 9.84. The molecule has 0 amide bonds. The van der Waals surface area contributed by atoms with E-state index in [1.165, 1.54) is 5.56 Å². The summed E-state index contributed by atoms with van der Waals surface area (Å²) in [6.07, 6.45) is 9.97. The van der Waals surface area contributed by atoms with Gasteiger partial charge in [-0.05, 0) is 36.0 Å². The van der Waals surface area contributed by atoms with Crippen LogP contribution in [0.5, 0.6) is 0 Å². The van der Waals surface area contributed by atoms with Gasteiger partial charge in [0, 0.05) is 6.20 Å². The van der Waals surface area contributed by atoms with Gasteiger partial charge in [0.05, 0.1) is 5.69 Å². The molecule has 1 aliphatic rings. The zero-order valence-electron chi connectivity index (χ0n) is 9.95. The molecule has 0 saturated heterocycles. The van der Waals surface area contributed by atoms with Crippen molar-refractivity contribution in [1.29, 1.82) is 0 Å². The van der Waals surface area contributed by atoms with Crippen LogP contribution in [-0.2, 0) is 5.54 Å². The minimum absolute atomic E-state index is 0.364. The summed E-state index contributed by atoms with van der Waals surface area (Å²) in [5, 5.41) is 3.44. The number of hydrogen-bond donors (Lipinski definition) is 1. The van der Waals surface area contributed by atoms with Crippen molar-refractivity contribution in [3.05, 3.63) is 90.4 Å². The minimum atomic E-state index is -0.364. The Morgan fingerprint density at radius 2 is 1.72 bits per heavy atom. The second-order valence-electron chi connectivity index (χ2n) is 4.25. The molecule has 0 saturated carbocycles. The van der Waals surface area contributed by atoms with Gasteiger partial charge in [-0.1, -0.05) is 42.5 Å². The number of benzene rings is 1. The third-order valence-corrected chi connectivity index (χ3v) is 3.16. The lowest BCUT2D eigenvalue weighted by molar-refractivity contribution is 0.549. The molecule has 0 bridgehead atoms. The third kappa shape index (κ3) is 1.72. The van der Waals surface area contributed by atoms with Gasteiger partial charge in [0.25, 0.3) is 0 Å².